The van der Waals surface area contributed by atoms with Crippen LogP contribution >= 0.6 is 0 Å². The van der Waals surface area contributed by atoms with E-state index in [0.717, 1.165) is 4.31 Å². The van der Waals surface area contributed by atoms with E-state index in [9.17, 15) is 22.8 Å². The average molecular weight is 536 g/mol. The summed E-state index contributed by atoms with van der Waals surface area (Å²) in [4.78, 5) is 45.1. The Hall–Kier alpha value is -3.45. The van der Waals surface area contributed by atoms with Crippen LogP contribution in [0.2, 0.25) is 0 Å². The smallest absolute Gasteiger partial charge is 0.414 e. The molecule has 13 heteroatoms. The molecule has 1 aliphatic heterocycles. The van der Waals surface area contributed by atoms with Crippen LogP contribution in [0, 0.1) is 0 Å². The van der Waals surface area contributed by atoms with Gasteiger partial charge in [0.2, 0.25) is 5.91 Å². The van der Waals surface area contributed by atoms with Crippen LogP contribution in [0.5, 0.6) is 5.75 Å². The Morgan fingerprint density at radius 3 is 2.30 bits per heavy atom. The fourth-order valence-corrected chi connectivity index (χ4v) is 5.54. The highest BCUT2D eigenvalue weighted by Crippen LogP contribution is 2.30. The molecule has 202 valence electrons. The highest BCUT2D eigenvalue weighted by molar-refractivity contribution is 7.89. The summed E-state index contributed by atoms with van der Waals surface area (Å²) in [5.41, 5.74) is 0.324. The molecule has 2 heterocycles. The highest BCUT2D eigenvalue weighted by atomic mass is 32.2. The predicted molar refractivity (Wildman–Crippen MR) is 134 cm³/mol. The molecular weight excluding hydrogens is 502 g/mol. The molecule has 2 atom stereocenters. The van der Waals surface area contributed by atoms with Crippen LogP contribution in [0.25, 0.3) is 0 Å². The quantitative estimate of drug-likeness (QED) is 0.469. The number of hydrogen-bond donors (Lipinski definition) is 0. The highest BCUT2D eigenvalue weighted by Gasteiger charge is 2.44. The monoisotopic (exact) mass is 535 g/mol. The fourth-order valence-electron chi connectivity index (χ4n) is 3.92. The molecule has 2 amide bonds. The zero-order valence-corrected chi connectivity index (χ0v) is 22.6. The number of amides is 2. The number of benzene rings is 1. The van der Waals surface area contributed by atoms with Crippen molar-refractivity contribution in [1.82, 2.24) is 18.8 Å². The lowest BCUT2D eigenvalue weighted by Gasteiger charge is -2.33. The van der Waals surface area contributed by atoms with Crippen LogP contribution in [0.4, 0.5) is 10.5 Å². The Labute approximate surface area is 216 Å². The van der Waals surface area contributed by atoms with E-state index >= 15 is 0 Å². The first-order valence-corrected chi connectivity index (χ1v) is 13.3. The average Bonchev–Trinajstić information content (AvgIpc) is 3.49. The van der Waals surface area contributed by atoms with Gasteiger partial charge < -0.3 is 18.9 Å². The van der Waals surface area contributed by atoms with Crippen molar-refractivity contribution in [3.05, 3.63) is 36.8 Å². The molecule has 3 rings (SSSR count). The molecule has 1 aromatic heterocycles. The molecule has 0 unspecified atom stereocenters. The third-order valence-electron chi connectivity index (χ3n) is 5.75. The van der Waals surface area contributed by atoms with Gasteiger partial charge in [0.25, 0.3) is 10.0 Å². The van der Waals surface area contributed by atoms with Crippen molar-refractivity contribution in [2.75, 3.05) is 25.5 Å². The van der Waals surface area contributed by atoms with Gasteiger partial charge in [-0.1, -0.05) is 0 Å². The minimum absolute atomic E-state index is 0.146. The van der Waals surface area contributed by atoms with Crippen LogP contribution < -0.4 is 9.64 Å². The van der Waals surface area contributed by atoms with E-state index in [4.69, 9.17) is 9.47 Å². The van der Waals surface area contributed by atoms with Gasteiger partial charge in [-0.3, -0.25) is 9.69 Å². The molecule has 0 aliphatic carbocycles. The van der Waals surface area contributed by atoms with E-state index in [1.54, 1.807) is 35.0 Å². The van der Waals surface area contributed by atoms with Crippen molar-refractivity contribution >= 4 is 33.7 Å². The van der Waals surface area contributed by atoms with Gasteiger partial charge in [-0.2, -0.15) is 4.31 Å². The van der Waals surface area contributed by atoms with Crippen LogP contribution in [0.1, 0.15) is 33.6 Å². The second-order valence-electron chi connectivity index (χ2n) is 9.28. The number of nitrogens with zero attached hydrogens (tertiary/aromatic N) is 5. The summed E-state index contributed by atoms with van der Waals surface area (Å²) in [5.74, 6) is -0.959. The van der Waals surface area contributed by atoms with Gasteiger partial charge in [0, 0.05) is 39.6 Å². The standard InChI is InChI=1S/C24H33N5O7S/c1-16(2)35-23(31)17(3)29(18-9-11-19(12-10-18)36-24(32)26(4)5)22(30)20-8-7-13-28(20)37(33,34)21-14-27(6)15-25-21/h9-12,14-17,20H,7-8,13H2,1-6H3/t17-,20-/m0/s1. The van der Waals surface area contributed by atoms with Crippen molar-refractivity contribution in [1.29, 1.82) is 0 Å². The normalized spacial score (nSPS) is 16.9. The summed E-state index contributed by atoms with van der Waals surface area (Å²) in [6, 6.07) is 3.96. The molecule has 1 aromatic carbocycles. The number of esters is 1. The Morgan fingerprint density at radius 1 is 1.11 bits per heavy atom. The molecule has 1 saturated heterocycles. The minimum atomic E-state index is -4.05. The molecule has 0 radical (unpaired) electrons. The first-order chi connectivity index (χ1) is 17.3. The lowest BCUT2D eigenvalue weighted by Crippen LogP contribution is -2.53. The minimum Gasteiger partial charge on any atom is -0.461 e. The Morgan fingerprint density at radius 2 is 1.76 bits per heavy atom. The Bertz CT molecular complexity index is 1240. The number of imidazole rings is 1. The Balaban J connectivity index is 1.96. The molecule has 0 N–H and O–H groups in total. The summed E-state index contributed by atoms with van der Waals surface area (Å²) in [5, 5.41) is -0.152. The zero-order valence-electron chi connectivity index (χ0n) is 21.8. The van der Waals surface area contributed by atoms with E-state index in [-0.39, 0.29) is 23.7 Å². The van der Waals surface area contributed by atoms with Crippen LogP contribution in [0.15, 0.2) is 41.8 Å². The van der Waals surface area contributed by atoms with Crippen molar-refractivity contribution in [2.45, 2.75) is 56.8 Å². The topological polar surface area (TPSA) is 131 Å². The number of hydrogen-bond acceptors (Lipinski definition) is 8. The predicted octanol–water partition coefficient (Wildman–Crippen LogP) is 2.01. The molecule has 0 saturated carbocycles. The van der Waals surface area contributed by atoms with Gasteiger partial charge in [-0.25, -0.2) is 23.0 Å². The summed E-state index contributed by atoms with van der Waals surface area (Å²) < 4.78 is 39.9. The van der Waals surface area contributed by atoms with E-state index in [2.05, 4.69) is 4.98 Å². The number of ether oxygens (including phenoxy) is 2. The second kappa shape index (κ2) is 11.3. The maximum Gasteiger partial charge on any atom is 0.414 e. The summed E-state index contributed by atoms with van der Waals surface area (Å²) >= 11 is 0. The number of carbonyl (C=O) groups excluding carboxylic acids is 3. The first kappa shape index (κ1) is 28.1. The lowest BCUT2D eigenvalue weighted by molar-refractivity contribution is -0.149. The Kier molecular flexibility index (Phi) is 8.59. The molecule has 1 fully saturated rings. The van der Waals surface area contributed by atoms with Crippen molar-refractivity contribution in [3.8, 4) is 5.75 Å². The molecule has 0 bridgehead atoms. The number of aryl methyl sites for hydroxylation is 1. The van der Waals surface area contributed by atoms with Gasteiger partial charge in [-0.05, 0) is 57.9 Å². The summed E-state index contributed by atoms with van der Waals surface area (Å²) in [6.07, 6.45) is 2.53. The fraction of sp³-hybridized carbons (Fsp3) is 0.500. The second-order valence-corrected chi connectivity index (χ2v) is 11.1. The van der Waals surface area contributed by atoms with Crippen LogP contribution in [-0.4, -0.2) is 84.0 Å². The van der Waals surface area contributed by atoms with Crippen molar-refractivity contribution < 1.29 is 32.3 Å². The van der Waals surface area contributed by atoms with E-state index in [1.807, 2.05) is 0 Å². The van der Waals surface area contributed by atoms with Gasteiger partial charge >= 0.3 is 12.1 Å². The maximum atomic E-state index is 13.9. The number of rotatable bonds is 8. The molecule has 2 aromatic rings. The van der Waals surface area contributed by atoms with Crippen molar-refractivity contribution in [3.63, 3.8) is 0 Å². The number of sulfonamides is 1. The number of aromatic nitrogens is 2. The summed E-state index contributed by atoms with van der Waals surface area (Å²) in [6.45, 7) is 5.06. The van der Waals surface area contributed by atoms with Gasteiger partial charge in [0.05, 0.1) is 12.4 Å². The summed E-state index contributed by atoms with van der Waals surface area (Å²) in [7, 11) is 0.703. The van der Waals surface area contributed by atoms with Gasteiger partial charge in [-0.15, -0.1) is 0 Å². The van der Waals surface area contributed by atoms with Crippen LogP contribution in [-0.2, 0) is 31.4 Å². The van der Waals surface area contributed by atoms with Crippen molar-refractivity contribution in [2.24, 2.45) is 7.05 Å². The first-order valence-electron chi connectivity index (χ1n) is 11.9. The molecule has 12 nitrogen and oxygen atoms in total. The maximum absolute atomic E-state index is 13.9. The van der Waals surface area contributed by atoms with E-state index in [1.165, 1.54) is 58.1 Å². The largest absolute Gasteiger partial charge is 0.461 e. The third kappa shape index (κ3) is 6.28. The zero-order chi connectivity index (χ0) is 27.5. The van der Waals surface area contributed by atoms with E-state index in [0.29, 0.717) is 12.1 Å². The number of anilines is 1. The third-order valence-corrected chi connectivity index (χ3v) is 7.54. The van der Waals surface area contributed by atoms with Crippen LogP contribution in [0.3, 0.4) is 0 Å². The molecular formula is C24H33N5O7S. The van der Waals surface area contributed by atoms with Gasteiger partial charge in [0.1, 0.15) is 17.8 Å². The van der Waals surface area contributed by atoms with Gasteiger partial charge in [0.15, 0.2) is 5.03 Å². The lowest BCUT2D eigenvalue weighted by atomic mass is 10.1. The molecule has 37 heavy (non-hydrogen) atoms. The molecule has 0 spiro atoms. The SMILES string of the molecule is CC(C)OC(=O)[C@H](C)N(C(=O)[C@@H]1CCCN1S(=O)(=O)c1cn(C)cn1)c1ccc(OC(=O)N(C)C)cc1. The van der Waals surface area contributed by atoms with E-state index < -0.39 is 46.2 Å². The number of carbonyl (C=O) groups is 3. The molecule has 1 aliphatic rings.